The number of methoxy groups -OCH3 is 1. The largest absolute Gasteiger partial charge is 0.497 e. The highest BCUT2D eigenvalue weighted by atomic mass is 19.1. The minimum Gasteiger partial charge on any atom is -0.497 e. The van der Waals surface area contributed by atoms with Crippen molar-refractivity contribution in [1.29, 1.82) is 0 Å². The van der Waals surface area contributed by atoms with Crippen LogP contribution >= 0.6 is 0 Å². The molecule has 1 heterocycles. The van der Waals surface area contributed by atoms with Crippen molar-refractivity contribution in [3.05, 3.63) is 71.7 Å². The Kier molecular flexibility index (Phi) is 4.79. The molecule has 6 heteroatoms. The van der Waals surface area contributed by atoms with Crippen molar-refractivity contribution in [1.82, 2.24) is 15.5 Å². The van der Waals surface area contributed by atoms with Crippen LogP contribution in [0, 0.1) is 5.82 Å². The van der Waals surface area contributed by atoms with Crippen LogP contribution in [0.5, 0.6) is 5.75 Å². The van der Waals surface area contributed by atoms with Gasteiger partial charge in [0.25, 0.3) is 5.91 Å². The number of nitrogens with one attached hydrogen (secondary N) is 2. The lowest BCUT2D eigenvalue weighted by molar-refractivity contribution is 0.0935. The fourth-order valence-electron chi connectivity index (χ4n) is 2.48. The third kappa shape index (κ3) is 3.85. The van der Waals surface area contributed by atoms with Crippen molar-refractivity contribution in [2.45, 2.75) is 13.0 Å². The lowest BCUT2D eigenvalue weighted by atomic mass is 10.1. The van der Waals surface area contributed by atoms with Crippen molar-refractivity contribution in [3.8, 4) is 17.0 Å². The van der Waals surface area contributed by atoms with Gasteiger partial charge in [-0.05, 0) is 42.8 Å². The number of carbonyl (C=O) groups excluding carboxylic acids is 1. The normalized spacial score (nSPS) is 11.8. The third-order valence-corrected chi connectivity index (χ3v) is 3.91. The Balaban J connectivity index is 1.73. The standard InChI is InChI=1S/C19H18FN3O2/c1-12(13-6-8-15(20)9-7-13)21-19(24)18-11-17(22-23-18)14-4-3-5-16(10-14)25-2/h3-12H,1-2H3,(H,21,24)(H,22,23). The highest BCUT2D eigenvalue weighted by Gasteiger charge is 2.15. The summed E-state index contributed by atoms with van der Waals surface area (Å²) in [6, 6.07) is 14.9. The van der Waals surface area contributed by atoms with Gasteiger partial charge >= 0.3 is 0 Å². The van der Waals surface area contributed by atoms with E-state index >= 15 is 0 Å². The molecule has 0 aliphatic carbocycles. The molecule has 5 nitrogen and oxygen atoms in total. The number of aromatic amines is 1. The van der Waals surface area contributed by atoms with E-state index in [-0.39, 0.29) is 17.8 Å². The van der Waals surface area contributed by atoms with Gasteiger partial charge in [0.15, 0.2) is 0 Å². The molecule has 25 heavy (non-hydrogen) atoms. The molecule has 0 aliphatic rings. The maximum Gasteiger partial charge on any atom is 0.269 e. The second-order valence-corrected chi connectivity index (χ2v) is 5.65. The molecular weight excluding hydrogens is 321 g/mol. The Bertz CT molecular complexity index is 874. The molecule has 0 saturated carbocycles. The number of hydrogen-bond acceptors (Lipinski definition) is 3. The molecule has 3 aromatic rings. The van der Waals surface area contributed by atoms with Gasteiger partial charge in [-0.1, -0.05) is 24.3 Å². The van der Waals surface area contributed by atoms with Crippen LogP contribution in [0.15, 0.2) is 54.6 Å². The van der Waals surface area contributed by atoms with Crippen molar-refractivity contribution in [3.63, 3.8) is 0 Å². The summed E-state index contributed by atoms with van der Waals surface area (Å²) in [6.07, 6.45) is 0. The lowest BCUT2D eigenvalue weighted by Gasteiger charge is -2.13. The molecule has 128 valence electrons. The number of amides is 1. The number of hydrogen-bond donors (Lipinski definition) is 2. The van der Waals surface area contributed by atoms with Gasteiger partial charge in [-0.15, -0.1) is 0 Å². The number of nitrogens with zero attached hydrogens (tertiary/aromatic N) is 1. The van der Waals surface area contributed by atoms with E-state index in [0.717, 1.165) is 16.9 Å². The molecule has 3 rings (SSSR count). The fourth-order valence-corrected chi connectivity index (χ4v) is 2.48. The highest BCUT2D eigenvalue weighted by molar-refractivity contribution is 5.93. The number of benzene rings is 2. The van der Waals surface area contributed by atoms with Crippen LogP contribution in [-0.2, 0) is 0 Å². The van der Waals surface area contributed by atoms with Gasteiger partial charge in [0, 0.05) is 5.56 Å². The minimum atomic E-state index is -0.307. The number of H-pyrrole nitrogens is 1. The molecule has 1 amide bonds. The molecule has 0 radical (unpaired) electrons. The number of halogens is 1. The van der Waals surface area contributed by atoms with Crippen LogP contribution in [0.2, 0.25) is 0 Å². The Hall–Kier alpha value is -3.15. The minimum absolute atomic E-state index is 0.253. The summed E-state index contributed by atoms with van der Waals surface area (Å²) in [5.41, 5.74) is 2.67. The zero-order chi connectivity index (χ0) is 17.8. The zero-order valence-corrected chi connectivity index (χ0v) is 13.9. The molecular formula is C19H18FN3O2. The Labute approximate surface area is 144 Å². The zero-order valence-electron chi connectivity index (χ0n) is 13.9. The van der Waals surface area contributed by atoms with E-state index in [1.807, 2.05) is 31.2 Å². The van der Waals surface area contributed by atoms with Gasteiger partial charge in [0.2, 0.25) is 0 Å². The molecule has 0 spiro atoms. The maximum absolute atomic E-state index is 13.0. The van der Waals surface area contributed by atoms with Gasteiger partial charge in [0.05, 0.1) is 18.8 Å². The fraction of sp³-hybridized carbons (Fsp3) is 0.158. The quantitative estimate of drug-likeness (QED) is 0.744. The molecule has 0 fully saturated rings. The van der Waals surface area contributed by atoms with Crippen molar-refractivity contribution >= 4 is 5.91 Å². The van der Waals surface area contributed by atoms with E-state index in [2.05, 4.69) is 15.5 Å². The predicted molar refractivity (Wildman–Crippen MR) is 92.9 cm³/mol. The van der Waals surface area contributed by atoms with Gasteiger partial charge < -0.3 is 10.1 Å². The maximum atomic E-state index is 13.0. The number of ether oxygens (including phenoxy) is 1. The summed E-state index contributed by atoms with van der Waals surface area (Å²) in [6.45, 7) is 1.84. The summed E-state index contributed by atoms with van der Waals surface area (Å²) < 4.78 is 18.2. The first-order chi connectivity index (χ1) is 12.1. The van der Waals surface area contributed by atoms with Crippen LogP contribution in [0.1, 0.15) is 29.0 Å². The van der Waals surface area contributed by atoms with Crippen LogP contribution in [0.3, 0.4) is 0 Å². The van der Waals surface area contributed by atoms with Crippen LogP contribution in [-0.4, -0.2) is 23.2 Å². The van der Waals surface area contributed by atoms with Crippen molar-refractivity contribution in [2.24, 2.45) is 0 Å². The molecule has 2 aromatic carbocycles. The highest BCUT2D eigenvalue weighted by Crippen LogP contribution is 2.23. The smallest absolute Gasteiger partial charge is 0.269 e. The molecule has 1 atom stereocenters. The van der Waals surface area contributed by atoms with E-state index in [4.69, 9.17) is 4.74 Å². The number of carbonyl (C=O) groups is 1. The van der Waals surface area contributed by atoms with Crippen LogP contribution in [0.4, 0.5) is 4.39 Å². The summed E-state index contributed by atoms with van der Waals surface area (Å²) >= 11 is 0. The monoisotopic (exact) mass is 339 g/mol. The average molecular weight is 339 g/mol. The van der Waals surface area contributed by atoms with E-state index in [0.29, 0.717) is 11.4 Å². The average Bonchev–Trinajstić information content (AvgIpc) is 3.12. The first-order valence-corrected chi connectivity index (χ1v) is 7.83. The number of aromatic nitrogens is 2. The summed E-state index contributed by atoms with van der Waals surface area (Å²) in [4.78, 5) is 12.4. The van der Waals surface area contributed by atoms with Crippen LogP contribution in [0.25, 0.3) is 11.3 Å². The van der Waals surface area contributed by atoms with Crippen LogP contribution < -0.4 is 10.1 Å². The summed E-state index contributed by atoms with van der Waals surface area (Å²) in [5, 5.41) is 9.79. The first kappa shape index (κ1) is 16.7. The Morgan fingerprint density at radius 2 is 1.96 bits per heavy atom. The molecule has 0 bridgehead atoms. The van der Waals surface area contributed by atoms with Crippen molar-refractivity contribution < 1.29 is 13.9 Å². The van der Waals surface area contributed by atoms with E-state index in [1.54, 1.807) is 25.3 Å². The van der Waals surface area contributed by atoms with Gasteiger partial charge in [-0.2, -0.15) is 5.10 Å². The van der Waals surface area contributed by atoms with Gasteiger partial charge in [-0.25, -0.2) is 4.39 Å². The van der Waals surface area contributed by atoms with E-state index < -0.39 is 0 Å². The molecule has 0 aliphatic heterocycles. The molecule has 1 aromatic heterocycles. The number of rotatable bonds is 5. The Morgan fingerprint density at radius 3 is 2.68 bits per heavy atom. The third-order valence-electron chi connectivity index (χ3n) is 3.91. The lowest BCUT2D eigenvalue weighted by Crippen LogP contribution is -2.26. The molecule has 0 saturated heterocycles. The van der Waals surface area contributed by atoms with E-state index in [1.165, 1.54) is 12.1 Å². The van der Waals surface area contributed by atoms with Crippen molar-refractivity contribution in [2.75, 3.05) is 7.11 Å². The topological polar surface area (TPSA) is 67.0 Å². The second kappa shape index (κ2) is 7.17. The summed E-state index contributed by atoms with van der Waals surface area (Å²) in [5.74, 6) is 0.133. The SMILES string of the molecule is COc1cccc(-c2cc(C(=O)NC(C)c3ccc(F)cc3)[nH]n2)c1. The van der Waals surface area contributed by atoms with E-state index in [9.17, 15) is 9.18 Å². The predicted octanol–water partition coefficient (Wildman–Crippen LogP) is 3.72. The Morgan fingerprint density at radius 1 is 1.20 bits per heavy atom. The second-order valence-electron chi connectivity index (χ2n) is 5.65. The first-order valence-electron chi connectivity index (χ1n) is 7.83. The molecule has 2 N–H and O–H groups in total. The van der Waals surface area contributed by atoms with Gasteiger partial charge in [0.1, 0.15) is 17.3 Å². The van der Waals surface area contributed by atoms with Gasteiger partial charge in [-0.3, -0.25) is 9.89 Å². The summed E-state index contributed by atoms with van der Waals surface area (Å²) in [7, 11) is 1.60. The molecule has 1 unspecified atom stereocenters.